The smallest absolute Gasteiger partial charge is 0.417 e. The second-order valence-electron chi connectivity index (χ2n) is 4.41. The summed E-state index contributed by atoms with van der Waals surface area (Å²) in [6.07, 6.45) is 0. The number of halogens is 1. The van der Waals surface area contributed by atoms with Crippen molar-refractivity contribution < 1.29 is 13.5 Å². The molecule has 0 fully saturated rings. The second-order valence-corrected chi connectivity index (χ2v) is 4.41. The standard InChI is InChI=1S/C14H11FN2O3/c1-7-2-3-8(4-9(7)15)19-12-6-11-13(5-10(12)16)20-14(18)17-11/h2-6H,16H2,1H3,(H,17,18). The summed E-state index contributed by atoms with van der Waals surface area (Å²) >= 11 is 0. The summed E-state index contributed by atoms with van der Waals surface area (Å²) in [5, 5.41) is 0. The van der Waals surface area contributed by atoms with Crippen molar-refractivity contribution in [1.29, 1.82) is 0 Å². The van der Waals surface area contributed by atoms with Crippen LogP contribution in [0, 0.1) is 12.7 Å². The molecule has 0 spiro atoms. The van der Waals surface area contributed by atoms with E-state index in [1.807, 2.05) is 0 Å². The highest BCUT2D eigenvalue weighted by Gasteiger charge is 2.09. The number of aromatic amines is 1. The molecular formula is C14H11FN2O3. The molecule has 0 atom stereocenters. The maximum Gasteiger partial charge on any atom is 0.417 e. The van der Waals surface area contributed by atoms with Gasteiger partial charge < -0.3 is 14.9 Å². The first-order valence-electron chi connectivity index (χ1n) is 5.89. The largest absolute Gasteiger partial charge is 0.455 e. The predicted molar refractivity (Wildman–Crippen MR) is 72.5 cm³/mol. The van der Waals surface area contributed by atoms with E-state index in [0.29, 0.717) is 33.8 Å². The quantitative estimate of drug-likeness (QED) is 0.704. The number of H-pyrrole nitrogens is 1. The first-order valence-corrected chi connectivity index (χ1v) is 5.89. The summed E-state index contributed by atoms with van der Waals surface area (Å²) in [6, 6.07) is 7.54. The Hall–Kier alpha value is -2.76. The normalized spacial score (nSPS) is 10.9. The zero-order valence-corrected chi connectivity index (χ0v) is 10.6. The van der Waals surface area contributed by atoms with Gasteiger partial charge in [-0.3, -0.25) is 4.98 Å². The number of fused-ring (bicyclic) bond motifs is 1. The minimum absolute atomic E-state index is 0.293. The van der Waals surface area contributed by atoms with Gasteiger partial charge in [-0.15, -0.1) is 0 Å². The van der Waals surface area contributed by atoms with Gasteiger partial charge in [-0.05, 0) is 18.6 Å². The number of nitrogen functional groups attached to an aromatic ring is 1. The van der Waals surface area contributed by atoms with E-state index in [1.54, 1.807) is 19.1 Å². The van der Waals surface area contributed by atoms with E-state index in [4.69, 9.17) is 14.9 Å². The summed E-state index contributed by atoms with van der Waals surface area (Å²) in [5.41, 5.74) is 7.44. The molecule has 3 N–H and O–H groups in total. The molecule has 0 unspecified atom stereocenters. The van der Waals surface area contributed by atoms with Crippen LogP contribution in [-0.2, 0) is 0 Å². The molecule has 6 heteroatoms. The molecule has 20 heavy (non-hydrogen) atoms. The summed E-state index contributed by atoms with van der Waals surface area (Å²) in [7, 11) is 0. The number of ether oxygens (including phenoxy) is 1. The lowest BCUT2D eigenvalue weighted by atomic mass is 10.2. The Bertz CT molecular complexity index is 851. The molecule has 3 aromatic rings. The van der Waals surface area contributed by atoms with Crippen molar-refractivity contribution in [3.05, 3.63) is 52.3 Å². The van der Waals surface area contributed by atoms with Crippen LogP contribution in [0.1, 0.15) is 5.56 Å². The maximum absolute atomic E-state index is 13.5. The van der Waals surface area contributed by atoms with Crippen molar-refractivity contribution in [1.82, 2.24) is 4.98 Å². The highest BCUT2D eigenvalue weighted by molar-refractivity contribution is 5.80. The number of anilines is 1. The Morgan fingerprint density at radius 2 is 2.10 bits per heavy atom. The molecular weight excluding hydrogens is 263 g/mol. The summed E-state index contributed by atoms with van der Waals surface area (Å²) in [5.74, 6) is -0.292. The van der Waals surface area contributed by atoms with E-state index in [2.05, 4.69) is 4.98 Å². The van der Waals surface area contributed by atoms with Crippen LogP contribution in [0.3, 0.4) is 0 Å². The first kappa shape index (κ1) is 12.3. The molecule has 0 saturated heterocycles. The number of aromatic nitrogens is 1. The van der Waals surface area contributed by atoms with Gasteiger partial charge in [0.05, 0.1) is 11.2 Å². The number of hydrogen-bond donors (Lipinski definition) is 2. The van der Waals surface area contributed by atoms with Gasteiger partial charge in [0, 0.05) is 18.2 Å². The minimum Gasteiger partial charge on any atom is -0.455 e. The Balaban J connectivity index is 2.02. The molecule has 0 aliphatic heterocycles. The van der Waals surface area contributed by atoms with E-state index in [0.717, 1.165) is 0 Å². The fraction of sp³-hybridized carbons (Fsp3) is 0.0714. The number of oxazole rings is 1. The van der Waals surface area contributed by atoms with E-state index < -0.39 is 5.76 Å². The number of nitrogens with two attached hydrogens (primary N) is 1. The zero-order chi connectivity index (χ0) is 14.3. The molecule has 0 aliphatic rings. The number of benzene rings is 2. The lowest BCUT2D eigenvalue weighted by molar-refractivity contribution is 0.478. The van der Waals surface area contributed by atoms with Crippen molar-refractivity contribution >= 4 is 16.8 Å². The van der Waals surface area contributed by atoms with Crippen LogP contribution in [0.5, 0.6) is 11.5 Å². The van der Waals surface area contributed by atoms with Crippen molar-refractivity contribution in [2.24, 2.45) is 0 Å². The van der Waals surface area contributed by atoms with Gasteiger partial charge in [-0.1, -0.05) is 6.07 Å². The topological polar surface area (TPSA) is 81.2 Å². The Morgan fingerprint density at radius 3 is 2.85 bits per heavy atom. The molecule has 1 heterocycles. The Morgan fingerprint density at radius 1 is 1.30 bits per heavy atom. The number of nitrogens with one attached hydrogen (secondary N) is 1. The third-order valence-corrected chi connectivity index (χ3v) is 2.92. The highest BCUT2D eigenvalue weighted by Crippen LogP contribution is 2.31. The van der Waals surface area contributed by atoms with Crippen LogP contribution >= 0.6 is 0 Å². The Kier molecular flexibility index (Phi) is 2.71. The van der Waals surface area contributed by atoms with Crippen molar-refractivity contribution in [2.45, 2.75) is 6.92 Å². The average Bonchev–Trinajstić information content (AvgIpc) is 2.73. The molecule has 1 aromatic heterocycles. The Labute approximate surface area is 112 Å². The average molecular weight is 274 g/mol. The van der Waals surface area contributed by atoms with Gasteiger partial charge in [0.15, 0.2) is 11.3 Å². The first-order chi connectivity index (χ1) is 9.52. The van der Waals surface area contributed by atoms with Gasteiger partial charge in [0.2, 0.25) is 0 Å². The van der Waals surface area contributed by atoms with Crippen LogP contribution in [0.15, 0.2) is 39.5 Å². The molecule has 0 saturated carbocycles. The van der Waals surface area contributed by atoms with Gasteiger partial charge in [-0.2, -0.15) is 0 Å². The van der Waals surface area contributed by atoms with Crippen LogP contribution < -0.4 is 16.2 Å². The lowest BCUT2D eigenvalue weighted by Gasteiger charge is -2.09. The predicted octanol–water partition coefficient (Wildman–Crippen LogP) is 2.94. The van der Waals surface area contributed by atoms with E-state index >= 15 is 0 Å². The lowest BCUT2D eigenvalue weighted by Crippen LogP contribution is -1.94. The van der Waals surface area contributed by atoms with E-state index in [1.165, 1.54) is 18.2 Å². The van der Waals surface area contributed by atoms with E-state index in [-0.39, 0.29) is 5.82 Å². The summed E-state index contributed by atoms with van der Waals surface area (Å²) in [4.78, 5) is 13.6. The van der Waals surface area contributed by atoms with Crippen LogP contribution in [0.25, 0.3) is 11.1 Å². The van der Waals surface area contributed by atoms with Crippen LogP contribution in [0.4, 0.5) is 10.1 Å². The molecule has 0 bridgehead atoms. The number of hydrogen-bond acceptors (Lipinski definition) is 4. The van der Waals surface area contributed by atoms with Crippen molar-refractivity contribution in [2.75, 3.05) is 5.73 Å². The second kappa shape index (κ2) is 4.41. The SMILES string of the molecule is Cc1ccc(Oc2cc3[nH]c(=O)oc3cc2N)cc1F. The fourth-order valence-corrected chi connectivity index (χ4v) is 1.85. The molecule has 102 valence electrons. The number of rotatable bonds is 2. The van der Waals surface area contributed by atoms with Crippen molar-refractivity contribution in [3.63, 3.8) is 0 Å². The van der Waals surface area contributed by atoms with Gasteiger partial charge in [-0.25, -0.2) is 9.18 Å². The molecule has 3 rings (SSSR count). The monoisotopic (exact) mass is 274 g/mol. The minimum atomic E-state index is -0.571. The fourth-order valence-electron chi connectivity index (χ4n) is 1.85. The van der Waals surface area contributed by atoms with Crippen LogP contribution in [-0.4, -0.2) is 4.98 Å². The highest BCUT2D eigenvalue weighted by atomic mass is 19.1. The van der Waals surface area contributed by atoms with Crippen LogP contribution in [0.2, 0.25) is 0 Å². The van der Waals surface area contributed by atoms with Gasteiger partial charge >= 0.3 is 5.76 Å². The summed E-state index contributed by atoms with van der Waals surface area (Å²) < 4.78 is 23.9. The molecule has 0 radical (unpaired) electrons. The molecule has 0 aliphatic carbocycles. The van der Waals surface area contributed by atoms with Gasteiger partial charge in [0.25, 0.3) is 0 Å². The maximum atomic E-state index is 13.5. The molecule has 0 amide bonds. The van der Waals surface area contributed by atoms with E-state index in [9.17, 15) is 9.18 Å². The third-order valence-electron chi connectivity index (χ3n) is 2.92. The number of aryl methyl sites for hydroxylation is 1. The molecule has 2 aromatic carbocycles. The molecule has 5 nitrogen and oxygen atoms in total. The zero-order valence-electron chi connectivity index (χ0n) is 10.6. The summed E-state index contributed by atoms with van der Waals surface area (Å²) in [6.45, 7) is 1.66. The third kappa shape index (κ3) is 2.11. The van der Waals surface area contributed by atoms with Gasteiger partial charge in [0.1, 0.15) is 11.6 Å². The van der Waals surface area contributed by atoms with Crippen molar-refractivity contribution in [3.8, 4) is 11.5 Å².